The summed E-state index contributed by atoms with van der Waals surface area (Å²) >= 11 is 3.39. The van der Waals surface area contributed by atoms with E-state index in [1.807, 2.05) is 26.8 Å². The lowest BCUT2D eigenvalue weighted by molar-refractivity contribution is -0.143. The number of rotatable bonds is 6. The molecule has 3 aliphatic rings. The highest BCUT2D eigenvalue weighted by Gasteiger charge is 2.58. The first kappa shape index (κ1) is 32.3. The van der Waals surface area contributed by atoms with Gasteiger partial charge in [0, 0.05) is 16.0 Å². The number of carbonyl (C=O) groups excluding carboxylic acids is 2. The predicted octanol–water partition coefficient (Wildman–Crippen LogP) is 8.55. The molecule has 0 spiro atoms. The summed E-state index contributed by atoms with van der Waals surface area (Å²) < 4.78 is 88.4. The molecule has 2 aliphatic heterocycles. The van der Waals surface area contributed by atoms with Crippen LogP contribution in [0.3, 0.4) is 0 Å². The number of nitrogens with zero attached hydrogens (tertiary/aromatic N) is 1. The monoisotopic (exact) mass is 685 g/mol. The van der Waals surface area contributed by atoms with Crippen molar-refractivity contribution in [3.05, 3.63) is 74.3 Å². The molecule has 0 aromatic heterocycles. The molecule has 2 saturated heterocycles. The smallest absolute Gasteiger partial charge is 0.416 e. The molecule has 5 rings (SSSR count). The number of phenols is 1. The topological polar surface area (TPSA) is 66.8 Å². The van der Waals surface area contributed by atoms with Crippen LogP contribution in [-0.2, 0) is 26.7 Å². The Hall–Kier alpha value is -3.12. The zero-order valence-corrected chi connectivity index (χ0v) is 25.6. The first-order valence-corrected chi connectivity index (χ1v) is 14.9. The van der Waals surface area contributed by atoms with Gasteiger partial charge in [0.1, 0.15) is 5.75 Å². The Morgan fingerprint density at radius 2 is 1.66 bits per heavy atom. The van der Waals surface area contributed by atoms with Crippen LogP contribution in [0.4, 0.5) is 32.0 Å². The summed E-state index contributed by atoms with van der Waals surface area (Å²) in [6, 6.07) is 5.92. The van der Waals surface area contributed by atoms with E-state index in [9.17, 15) is 41.0 Å². The molecule has 1 N–H and O–H groups in total. The van der Waals surface area contributed by atoms with E-state index in [1.54, 1.807) is 18.2 Å². The summed E-state index contributed by atoms with van der Waals surface area (Å²) in [4.78, 5) is 27.9. The highest BCUT2D eigenvalue weighted by atomic mass is 79.9. The van der Waals surface area contributed by atoms with E-state index in [0.29, 0.717) is 35.4 Å². The van der Waals surface area contributed by atoms with Gasteiger partial charge < -0.3 is 9.84 Å². The highest BCUT2D eigenvalue weighted by molar-refractivity contribution is 9.10. The maximum absolute atomic E-state index is 13.8. The van der Waals surface area contributed by atoms with Crippen LogP contribution in [0.25, 0.3) is 6.08 Å². The Balaban J connectivity index is 1.44. The SMILES string of the molecule is C/C(=C\c1cc(Br)ccc1O)CC[C@H]1OC[C@H]2C1=C(C(C)C)C[C@H]1C(=O)N(c3cc(C(F)(F)F)cc(C(F)(F)F)c3)C(=O)[C@H]12. The number of allylic oxidation sites excluding steroid dienone is 2. The molecule has 0 radical (unpaired) electrons. The van der Waals surface area contributed by atoms with Crippen molar-refractivity contribution in [2.24, 2.45) is 23.7 Å². The van der Waals surface area contributed by atoms with E-state index < -0.39 is 58.7 Å². The summed E-state index contributed by atoms with van der Waals surface area (Å²) in [6.07, 6.45) is -7.45. The molecule has 1 aliphatic carbocycles. The predicted molar refractivity (Wildman–Crippen MR) is 154 cm³/mol. The van der Waals surface area contributed by atoms with Crippen molar-refractivity contribution in [3.63, 3.8) is 0 Å². The Bertz CT molecular complexity index is 1530. The zero-order chi connectivity index (χ0) is 32.3. The van der Waals surface area contributed by atoms with Crippen LogP contribution in [0.5, 0.6) is 5.75 Å². The van der Waals surface area contributed by atoms with Crippen molar-refractivity contribution in [1.29, 1.82) is 0 Å². The van der Waals surface area contributed by atoms with E-state index in [0.717, 1.165) is 21.2 Å². The minimum absolute atomic E-state index is 0.0259. The fourth-order valence-electron chi connectivity index (χ4n) is 6.62. The molecule has 44 heavy (non-hydrogen) atoms. The van der Waals surface area contributed by atoms with E-state index in [1.165, 1.54) is 0 Å². The number of halogens is 7. The minimum Gasteiger partial charge on any atom is -0.507 e. The van der Waals surface area contributed by atoms with Gasteiger partial charge in [-0.25, -0.2) is 4.90 Å². The summed E-state index contributed by atoms with van der Waals surface area (Å²) in [5, 5.41) is 10.2. The molecule has 0 bridgehead atoms. The van der Waals surface area contributed by atoms with E-state index in [2.05, 4.69) is 15.9 Å². The van der Waals surface area contributed by atoms with Crippen LogP contribution < -0.4 is 4.90 Å². The number of benzene rings is 2. The quantitative estimate of drug-likeness (QED) is 0.188. The lowest BCUT2D eigenvalue weighted by atomic mass is 9.67. The minimum atomic E-state index is -5.12. The van der Waals surface area contributed by atoms with Crippen LogP contribution in [0.1, 0.15) is 56.7 Å². The third kappa shape index (κ3) is 6.07. The summed E-state index contributed by atoms with van der Waals surface area (Å²) in [5.41, 5.74) is -0.504. The van der Waals surface area contributed by atoms with Crippen LogP contribution in [-0.4, -0.2) is 29.6 Å². The number of alkyl halides is 6. The van der Waals surface area contributed by atoms with Gasteiger partial charge in [-0.2, -0.15) is 26.3 Å². The average molecular weight is 686 g/mol. The number of phenolic OH excluding ortho intramolecular Hbond substituents is 1. The largest absolute Gasteiger partial charge is 0.507 e. The molecule has 2 aromatic carbocycles. The lowest BCUT2D eigenvalue weighted by Gasteiger charge is -2.33. The lowest BCUT2D eigenvalue weighted by Crippen LogP contribution is -2.35. The van der Waals surface area contributed by atoms with Crippen molar-refractivity contribution in [1.82, 2.24) is 0 Å². The third-order valence-corrected chi connectivity index (χ3v) is 9.16. The van der Waals surface area contributed by atoms with Gasteiger partial charge in [0.05, 0.1) is 41.4 Å². The van der Waals surface area contributed by atoms with Gasteiger partial charge in [0.15, 0.2) is 0 Å². The number of carbonyl (C=O) groups is 2. The second-order valence-corrected chi connectivity index (χ2v) is 12.8. The Kier molecular flexibility index (Phi) is 8.56. The number of anilines is 1. The number of hydrogen-bond acceptors (Lipinski definition) is 4. The highest BCUT2D eigenvalue weighted by Crippen LogP contribution is 2.52. The average Bonchev–Trinajstić information content (AvgIpc) is 3.45. The molecule has 4 atom stereocenters. The first-order chi connectivity index (χ1) is 20.5. The Morgan fingerprint density at radius 1 is 1.02 bits per heavy atom. The van der Waals surface area contributed by atoms with Crippen LogP contribution >= 0.6 is 15.9 Å². The second kappa shape index (κ2) is 11.7. The molecule has 2 amide bonds. The fourth-order valence-corrected chi connectivity index (χ4v) is 7.00. The normalized spacial score (nSPS) is 24.4. The van der Waals surface area contributed by atoms with Gasteiger partial charge in [-0.15, -0.1) is 0 Å². The first-order valence-electron chi connectivity index (χ1n) is 14.1. The maximum atomic E-state index is 13.8. The van der Waals surface area contributed by atoms with Gasteiger partial charge >= 0.3 is 12.4 Å². The van der Waals surface area contributed by atoms with E-state index in [4.69, 9.17) is 4.74 Å². The van der Waals surface area contributed by atoms with Crippen molar-refractivity contribution in [2.75, 3.05) is 11.5 Å². The molecule has 2 aromatic rings. The number of imide groups is 1. The van der Waals surface area contributed by atoms with Crippen molar-refractivity contribution in [3.8, 4) is 5.75 Å². The molecule has 236 valence electrons. The van der Waals surface area contributed by atoms with Crippen molar-refractivity contribution >= 4 is 39.5 Å². The van der Waals surface area contributed by atoms with Crippen LogP contribution in [0, 0.1) is 23.7 Å². The zero-order valence-electron chi connectivity index (χ0n) is 24.0. The number of aromatic hydroxyl groups is 1. The maximum Gasteiger partial charge on any atom is 0.416 e. The third-order valence-electron chi connectivity index (χ3n) is 8.66. The van der Waals surface area contributed by atoms with Gasteiger partial charge in [-0.05, 0) is 74.1 Å². The van der Waals surface area contributed by atoms with Crippen LogP contribution in [0.2, 0.25) is 0 Å². The van der Waals surface area contributed by atoms with Gasteiger partial charge in [0.25, 0.3) is 0 Å². The van der Waals surface area contributed by atoms with Gasteiger partial charge in [-0.3, -0.25) is 9.59 Å². The molecular weight excluding hydrogens is 656 g/mol. The standard InChI is InChI=1S/C32H30BrF6NO4/c1-15(2)22-13-23-28(24-14-44-26(27(22)24)7-4-16(3)8-17-9-20(33)5-6-25(17)41)30(43)40(29(23)42)21-11-18(31(34,35)36)10-19(12-21)32(37,38)39/h5-6,8-12,15,23-24,26,28,41H,4,7,13-14H2,1-3H3/b16-8+/t23-,24+,26-,28-/m1/s1. The number of amides is 2. The number of ether oxygens (including phenoxy) is 1. The van der Waals surface area contributed by atoms with E-state index in [-0.39, 0.29) is 36.9 Å². The molecule has 0 saturated carbocycles. The van der Waals surface area contributed by atoms with Crippen molar-refractivity contribution in [2.45, 2.75) is 58.5 Å². The van der Waals surface area contributed by atoms with Crippen molar-refractivity contribution < 1.29 is 45.8 Å². The molecule has 0 unspecified atom stereocenters. The fraction of sp³-hybridized carbons (Fsp3) is 0.438. The summed E-state index contributed by atoms with van der Waals surface area (Å²) in [6.45, 7) is 5.91. The Morgan fingerprint density at radius 3 is 2.25 bits per heavy atom. The van der Waals surface area contributed by atoms with E-state index >= 15 is 0 Å². The Labute approximate surface area is 258 Å². The molecule has 2 heterocycles. The number of fused-ring (bicyclic) bond motifs is 3. The molecular formula is C32H30BrF6NO4. The summed E-state index contributed by atoms with van der Waals surface area (Å²) in [7, 11) is 0. The molecule has 2 fully saturated rings. The van der Waals surface area contributed by atoms with Gasteiger partial charge in [-0.1, -0.05) is 47.0 Å². The number of hydrogen-bond donors (Lipinski definition) is 1. The summed E-state index contributed by atoms with van der Waals surface area (Å²) in [5.74, 6) is -3.92. The molecule has 12 heteroatoms. The van der Waals surface area contributed by atoms with Crippen LogP contribution in [0.15, 0.2) is 57.6 Å². The second-order valence-electron chi connectivity index (χ2n) is 11.9. The van der Waals surface area contributed by atoms with Gasteiger partial charge in [0.2, 0.25) is 11.8 Å². The molecule has 5 nitrogen and oxygen atoms in total.